The van der Waals surface area contributed by atoms with Gasteiger partial charge in [-0.25, -0.2) is 0 Å². The minimum absolute atomic E-state index is 0.0895. The fourth-order valence-corrected chi connectivity index (χ4v) is 2.96. The molecule has 1 nitrogen and oxygen atoms in total. The molecule has 1 aliphatic rings. The second-order valence-corrected chi connectivity index (χ2v) is 5.19. The zero-order valence-corrected chi connectivity index (χ0v) is 10.2. The highest BCUT2D eigenvalue weighted by Gasteiger charge is 2.39. The van der Waals surface area contributed by atoms with Crippen LogP contribution in [0.3, 0.4) is 0 Å². The molecule has 1 aliphatic carbocycles. The van der Waals surface area contributed by atoms with E-state index < -0.39 is 0 Å². The summed E-state index contributed by atoms with van der Waals surface area (Å²) >= 11 is 0. The quantitative estimate of drug-likeness (QED) is 0.701. The van der Waals surface area contributed by atoms with Crippen molar-refractivity contribution in [3.63, 3.8) is 0 Å². The molecule has 1 unspecified atom stereocenters. The molecule has 0 heterocycles. The van der Waals surface area contributed by atoms with Crippen molar-refractivity contribution in [2.75, 3.05) is 0 Å². The first-order valence-corrected chi connectivity index (χ1v) is 6.21. The van der Waals surface area contributed by atoms with Gasteiger partial charge in [-0.3, -0.25) is 0 Å². The number of hydrogen-bond donors (Lipinski definition) is 0. The number of aryl methyl sites for hydroxylation is 1. The van der Waals surface area contributed by atoms with Crippen molar-refractivity contribution in [2.45, 2.75) is 45.4 Å². The van der Waals surface area contributed by atoms with E-state index in [1.807, 2.05) is 0 Å². The van der Waals surface area contributed by atoms with Crippen LogP contribution in [-0.2, 0) is 4.79 Å². The second-order valence-electron chi connectivity index (χ2n) is 5.19. The van der Waals surface area contributed by atoms with Crippen molar-refractivity contribution in [1.82, 2.24) is 0 Å². The van der Waals surface area contributed by atoms with Crippen LogP contribution < -0.4 is 0 Å². The van der Waals surface area contributed by atoms with Crippen molar-refractivity contribution >= 4 is 6.29 Å². The second kappa shape index (κ2) is 4.40. The Kier molecular flexibility index (Phi) is 3.13. The summed E-state index contributed by atoms with van der Waals surface area (Å²) in [6.45, 7) is 4.31. The fourth-order valence-electron chi connectivity index (χ4n) is 2.96. The van der Waals surface area contributed by atoms with Gasteiger partial charge in [0.15, 0.2) is 0 Å². The molecule has 1 fully saturated rings. The first kappa shape index (κ1) is 11.4. The van der Waals surface area contributed by atoms with E-state index in [9.17, 15) is 4.79 Å². The highest BCUT2D eigenvalue weighted by Crippen LogP contribution is 2.47. The van der Waals surface area contributed by atoms with Gasteiger partial charge >= 0.3 is 0 Å². The van der Waals surface area contributed by atoms with Crippen LogP contribution in [0.2, 0.25) is 0 Å². The molecule has 86 valence electrons. The smallest absolute Gasteiger partial charge is 0.126 e. The number of carbonyl (C=O) groups is 1. The summed E-state index contributed by atoms with van der Waals surface area (Å²) in [5.74, 6) is 0.354. The van der Waals surface area contributed by atoms with Crippen LogP contribution >= 0.6 is 0 Å². The zero-order valence-electron chi connectivity index (χ0n) is 10.2. The maximum Gasteiger partial charge on any atom is 0.126 e. The molecule has 1 aromatic carbocycles. The van der Waals surface area contributed by atoms with Gasteiger partial charge in [-0.2, -0.15) is 0 Å². The molecule has 1 heteroatoms. The molecular weight excluding hydrogens is 196 g/mol. The Hall–Kier alpha value is -1.11. The van der Waals surface area contributed by atoms with Crippen molar-refractivity contribution in [3.8, 4) is 0 Å². The molecule has 0 radical (unpaired) electrons. The number of carbonyl (C=O) groups excluding carboxylic acids is 1. The summed E-state index contributed by atoms with van der Waals surface area (Å²) in [5.41, 5.74) is 2.51. The summed E-state index contributed by atoms with van der Waals surface area (Å²) in [7, 11) is 0. The van der Waals surface area contributed by atoms with E-state index >= 15 is 0 Å². The van der Waals surface area contributed by atoms with Crippen molar-refractivity contribution in [1.29, 1.82) is 0 Å². The van der Waals surface area contributed by atoms with Crippen molar-refractivity contribution in [2.24, 2.45) is 5.41 Å². The third kappa shape index (κ3) is 1.91. The van der Waals surface area contributed by atoms with Crippen LogP contribution in [0, 0.1) is 12.3 Å². The predicted molar refractivity (Wildman–Crippen MR) is 66.6 cm³/mol. The van der Waals surface area contributed by atoms with Crippen molar-refractivity contribution in [3.05, 3.63) is 35.4 Å². The monoisotopic (exact) mass is 216 g/mol. The first-order chi connectivity index (χ1) is 7.68. The molecule has 16 heavy (non-hydrogen) atoms. The van der Waals surface area contributed by atoms with E-state index in [1.54, 1.807) is 0 Å². The minimum atomic E-state index is -0.0895. The van der Waals surface area contributed by atoms with E-state index in [4.69, 9.17) is 0 Å². The Bertz CT molecular complexity index is 375. The number of rotatable bonds is 3. The van der Waals surface area contributed by atoms with Crippen LogP contribution in [0.5, 0.6) is 0 Å². The SMILES string of the molecule is Cc1cccc(C(C)C2(C=O)CCCC2)c1. The van der Waals surface area contributed by atoms with Crippen LogP contribution in [-0.4, -0.2) is 6.29 Å². The highest BCUT2D eigenvalue weighted by atomic mass is 16.1. The van der Waals surface area contributed by atoms with Crippen LogP contribution in [0.1, 0.15) is 49.7 Å². The van der Waals surface area contributed by atoms with Gasteiger partial charge in [-0.1, -0.05) is 49.6 Å². The third-order valence-corrected chi connectivity index (χ3v) is 4.17. The first-order valence-electron chi connectivity index (χ1n) is 6.21. The molecule has 0 aliphatic heterocycles. The Morgan fingerprint density at radius 3 is 2.56 bits per heavy atom. The Morgan fingerprint density at radius 1 is 1.31 bits per heavy atom. The molecule has 0 bridgehead atoms. The molecule has 1 atom stereocenters. The standard InChI is InChI=1S/C15H20O/c1-12-6-5-7-14(10-12)13(2)15(11-16)8-3-4-9-15/h5-7,10-11,13H,3-4,8-9H2,1-2H3. The number of hydrogen-bond acceptors (Lipinski definition) is 1. The predicted octanol–water partition coefficient (Wildman–Crippen LogP) is 3.86. The molecule has 0 spiro atoms. The third-order valence-electron chi connectivity index (χ3n) is 4.17. The Balaban J connectivity index is 2.29. The number of benzene rings is 1. The van der Waals surface area contributed by atoms with Gasteiger partial charge in [0.25, 0.3) is 0 Å². The lowest BCUT2D eigenvalue weighted by Gasteiger charge is -2.30. The molecule has 2 rings (SSSR count). The van der Waals surface area contributed by atoms with E-state index in [-0.39, 0.29) is 5.41 Å². The van der Waals surface area contributed by atoms with Gasteiger partial charge in [-0.15, -0.1) is 0 Å². The fraction of sp³-hybridized carbons (Fsp3) is 0.533. The van der Waals surface area contributed by atoms with Gasteiger partial charge in [0.1, 0.15) is 6.29 Å². The van der Waals surface area contributed by atoms with Gasteiger partial charge in [0, 0.05) is 5.41 Å². The van der Waals surface area contributed by atoms with E-state index in [0.717, 1.165) is 12.8 Å². The Labute approximate surface area is 97.9 Å². The zero-order chi connectivity index (χ0) is 11.6. The Morgan fingerprint density at radius 2 is 2.00 bits per heavy atom. The maximum atomic E-state index is 11.4. The summed E-state index contributed by atoms with van der Waals surface area (Å²) in [6.07, 6.45) is 5.74. The van der Waals surface area contributed by atoms with Gasteiger partial charge in [0.2, 0.25) is 0 Å². The van der Waals surface area contributed by atoms with Crippen LogP contribution in [0.4, 0.5) is 0 Å². The highest BCUT2D eigenvalue weighted by molar-refractivity contribution is 5.62. The normalized spacial score (nSPS) is 20.6. The molecule has 0 amide bonds. The van der Waals surface area contributed by atoms with E-state index in [0.29, 0.717) is 5.92 Å². The number of aldehydes is 1. The largest absolute Gasteiger partial charge is 0.303 e. The molecule has 0 aromatic heterocycles. The average molecular weight is 216 g/mol. The lowest BCUT2D eigenvalue weighted by atomic mass is 9.72. The lowest BCUT2D eigenvalue weighted by molar-refractivity contribution is -0.116. The topological polar surface area (TPSA) is 17.1 Å². The minimum Gasteiger partial charge on any atom is -0.303 e. The van der Waals surface area contributed by atoms with Gasteiger partial charge < -0.3 is 4.79 Å². The summed E-state index contributed by atoms with van der Waals surface area (Å²) in [5, 5.41) is 0. The van der Waals surface area contributed by atoms with E-state index in [2.05, 4.69) is 38.1 Å². The molecule has 0 N–H and O–H groups in total. The molecule has 1 aromatic rings. The van der Waals surface area contributed by atoms with Crippen LogP contribution in [0.25, 0.3) is 0 Å². The summed E-state index contributed by atoms with van der Waals surface area (Å²) in [6, 6.07) is 8.57. The maximum absolute atomic E-state index is 11.4. The molecule has 1 saturated carbocycles. The summed E-state index contributed by atoms with van der Waals surface area (Å²) < 4.78 is 0. The van der Waals surface area contributed by atoms with Gasteiger partial charge in [0.05, 0.1) is 0 Å². The van der Waals surface area contributed by atoms with Crippen molar-refractivity contribution < 1.29 is 4.79 Å². The van der Waals surface area contributed by atoms with E-state index in [1.165, 1.54) is 30.3 Å². The average Bonchev–Trinajstić information content (AvgIpc) is 2.78. The van der Waals surface area contributed by atoms with Crippen LogP contribution in [0.15, 0.2) is 24.3 Å². The molecular formula is C15H20O. The van der Waals surface area contributed by atoms with Gasteiger partial charge in [-0.05, 0) is 31.2 Å². The summed E-state index contributed by atoms with van der Waals surface area (Å²) in [4.78, 5) is 11.4. The molecule has 0 saturated heterocycles. The lowest BCUT2D eigenvalue weighted by Crippen LogP contribution is -2.25.